The molecule has 0 heterocycles. The Balaban J connectivity index is 4.27. The van der Waals surface area contributed by atoms with E-state index < -0.39 is 12.0 Å². The smallest absolute Gasteiger partial charge is 0.326 e. The summed E-state index contributed by atoms with van der Waals surface area (Å²) in [7, 11) is 0. The first kappa shape index (κ1) is 15.9. The molecule has 0 saturated carbocycles. The minimum atomic E-state index is -0.989. The van der Waals surface area contributed by atoms with Crippen molar-refractivity contribution in [3.63, 3.8) is 0 Å². The van der Waals surface area contributed by atoms with Crippen molar-refractivity contribution >= 4 is 11.9 Å². The zero-order valence-corrected chi connectivity index (χ0v) is 10.9. The highest BCUT2D eigenvalue weighted by Crippen LogP contribution is 2.08. The van der Waals surface area contributed by atoms with Crippen LogP contribution in [0.1, 0.15) is 46.5 Å². The van der Waals surface area contributed by atoms with Crippen LogP contribution in [0.2, 0.25) is 0 Å². The molecule has 3 atom stereocenters. The molecule has 0 spiro atoms. The Hall–Kier alpha value is -1.10. The summed E-state index contributed by atoms with van der Waals surface area (Å²) in [5.74, 6) is -1.35. The van der Waals surface area contributed by atoms with E-state index in [9.17, 15) is 9.59 Å². The summed E-state index contributed by atoms with van der Waals surface area (Å²) in [6.07, 6.45) is 2.59. The largest absolute Gasteiger partial charge is 0.480 e. The third-order valence-corrected chi connectivity index (χ3v) is 2.90. The van der Waals surface area contributed by atoms with Crippen LogP contribution in [0.25, 0.3) is 0 Å². The zero-order valence-electron chi connectivity index (χ0n) is 10.9. The topological polar surface area (TPSA) is 92.4 Å². The molecule has 0 radical (unpaired) electrons. The van der Waals surface area contributed by atoms with Crippen molar-refractivity contribution in [2.24, 2.45) is 11.7 Å². The first-order valence-electron chi connectivity index (χ1n) is 6.20. The first-order valence-corrected chi connectivity index (χ1v) is 6.20. The molecule has 0 fully saturated rings. The molecule has 3 unspecified atom stereocenters. The third kappa shape index (κ3) is 6.26. The summed E-state index contributed by atoms with van der Waals surface area (Å²) in [6, 6.07) is -1.01. The van der Waals surface area contributed by atoms with Crippen molar-refractivity contribution in [1.82, 2.24) is 5.32 Å². The van der Waals surface area contributed by atoms with Gasteiger partial charge in [0.1, 0.15) is 6.04 Å². The average Bonchev–Trinajstić information content (AvgIpc) is 2.24. The molecule has 0 aliphatic heterocycles. The lowest BCUT2D eigenvalue weighted by molar-refractivity contribution is -0.143. The number of carbonyl (C=O) groups excluding carboxylic acids is 1. The molecule has 0 aromatic rings. The van der Waals surface area contributed by atoms with Crippen LogP contribution in [0.15, 0.2) is 0 Å². The summed E-state index contributed by atoms with van der Waals surface area (Å²) in [5, 5.41) is 11.6. The first-order chi connectivity index (χ1) is 7.92. The number of aliphatic carboxylic acids is 1. The van der Waals surface area contributed by atoms with Gasteiger partial charge in [0.05, 0.1) is 0 Å². The molecule has 0 aromatic carbocycles. The Bertz CT molecular complexity index is 256. The highest BCUT2D eigenvalue weighted by molar-refractivity contribution is 5.84. The van der Waals surface area contributed by atoms with E-state index >= 15 is 0 Å². The third-order valence-electron chi connectivity index (χ3n) is 2.90. The maximum Gasteiger partial charge on any atom is 0.326 e. The Kier molecular flexibility index (Phi) is 7.54. The standard InChI is InChI=1S/C12H24N2O3/c1-4-6-9(13)7-10(15)14-11(12(16)17)8(3)5-2/h8-9,11H,4-7,13H2,1-3H3,(H,14,15)(H,16,17). The van der Waals surface area contributed by atoms with Crippen LogP contribution in [-0.2, 0) is 9.59 Å². The van der Waals surface area contributed by atoms with Crippen LogP contribution < -0.4 is 11.1 Å². The van der Waals surface area contributed by atoms with E-state index in [4.69, 9.17) is 10.8 Å². The molecule has 5 heteroatoms. The Morgan fingerprint density at radius 3 is 2.35 bits per heavy atom. The Morgan fingerprint density at radius 1 is 1.35 bits per heavy atom. The highest BCUT2D eigenvalue weighted by atomic mass is 16.4. The maximum atomic E-state index is 11.6. The van der Waals surface area contributed by atoms with Gasteiger partial charge in [0.15, 0.2) is 0 Å². The van der Waals surface area contributed by atoms with Crippen LogP contribution in [-0.4, -0.2) is 29.1 Å². The van der Waals surface area contributed by atoms with Crippen LogP contribution in [0.4, 0.5) is 0 Å². The van der Waals surface area contributed by atoms with E-state index in [0.29, 0.717) is 6.42 Å². The lowest BCUT2D eigenvalue weighted by Crippen LogP contribution is -2.46. The second kappa shape index (κ2) is 8.06. The summed E-state index contributed by atoms with van der Waals surface area (Å²) in [5.41, 5.74) is 5.74. The number of amides is 1. The number of hydrogen-bond donors (Lipinski definition) is 3. The predicted octanol–water partition coefficient (Wildman–Crippen LogP) is 1.12. The number of rotatable bonds is 8. The van der Waals surface area contributed by atoms with Gasteiger partial charge in [-0.3, -0.25) is 4.79 Å². The molecule has 0 bridgehead atoms. The monoisotopic (exact) mass is 244 g/mol. The average molecular weight is 244 g/mol. The van der Waals surface area contributed by atoms with Gasteiger partial charge in [-0.05, 0) is 12.3 Å². The van der Waals surface area contributed by atoms with E-state index in [1.54, 1.807) is 0 Å². The number of carboxylic acids is 1. The fourth-order valence-electron chi connectivity index (χ4n) is 1.63. The van der Waals surface area contributed by atoms with Gasteiger partial charge in [0.25, 0.3) is 0 Å². The van der Waals surface area contributed by atoms with Crippen LogP contribution in [0.5, 0.6) is 0 Å². The lowest BCUT2D eigenvalue weighted by Gasteiger charge is -2.21. The maximum absolute atomic E-state index is 11.6. The number of carbonyl (C=O) groups is 2. The molecule has 100 valence electrons. The van der Waals surface area contributed by atoms with E-state index in [-0.39, 0.29) is 24.3 Å². The fraction of sp³-hybridized carbons (Fsp3) is 0.833. The Morgan fingerprint density at radius 2 is 1.94 bits per heavy atom. The van der Waals surface area contributed by atoms with Gasteiger partial charge in [0.2, 0.25) is 5.91 Å². The van der Waals surface area contributed by atoms with Crippen LogP contribution in [0.3, 0.4) is 0 Å². The van der Waals surface area contributed by atoms with Crippen molar-refractivity contribution in [3.05, 3.63) is 0 Å². The molecule has 4 N–H and O–H groups in total. The summed E-state index contributed by atoms with van der Waals surface area (Å²) in [6.45, 7) is 5.71. The number of nitrogens with two attached hydrogens (primary N) is 1. The van der Waals surface area contributed by atoms with Crippen LogP contribution in [0, 0.1) is 5.92 Å². The molecule has 0 aliphatic rings. The number of nitrogens with one attached hydrogen (secondary N) is 1. The molecule has 1 amide bonds. The van der Waals surface area contributed by atoms with E-state index in [2.05, 4.69) is 5.32 Å². The second-order valence-corrected chi connectivity index (χ2v) is 4.52. The summed E-state index contributed by atoms with van der Waals surface area (Å²) >= 11 is 0. The summed E-state index contributed by atoms with van der Waals surface area (Å²) < 4.78 is 0. The quantitative estimate of drug-likeness (QED) is 0.596. The Labute approximate surface area is 103 Å². The van der Waals surface area contributed by atoms with E-state index in [0.717, 1.165) is 12.8 Å². The van der Waals surface area contributed by atoms with Gasteiger partial charge < -0.3 is 16.2 Å². The van der Waals surface area contributed by atoms with E-state index in [1.165, 1.54) is 0 Å². The van der Waals surface area contributed by atoms with Gasteiger partial charge in [-0.1, -0.05) is 33.6 Å². The van der Waals surface area contributed by atoms with Gasteiger partial charge in [-0.25, -0.2) is 4.79 Å². The molecule has 17 heavy (non-hydrogen) atoms. The minimum absolute atomic E-state index is 0.0844. The molecular weight excluding hydrogens is 220 g/mol. The predicted molar refractivity (Wildman–Crippen MR) is 66.5 cm³/mol. The number of hydrogen-bond acceptors (Lipinski definition) is 3. The normalized spacial score (nSPS) is 16.0. The van der Waals surface area contributed by atoms with Crippen molar-refractivity contribution in [2.75, 3.05) is 0 Å². The zero-order chi connectivity index (χ0) is 13.4. The summed E-state index contributed by atoms with van der Waals surface area (Å²) in [4.78, 5) is 22.6. The fourth-order valence-corrected chi connectivity index (χ4v) is 1.63. The molecule has 0 aromatic heterocycles. The van der Waals surface area contributed by atoms with E-state index in [1.807, 2.05) is 20.8 Å². The van der Waals surface area contributed by atoms with Crippen molar-refractivity contribution < 1.29 is 14.7 Å². The molecular formula is C12H24N2O3. The second-order valence-electron chi connectivity index (χ2n) is 4.52. The lowest BCUT2D eigenvalue weighted by atomic mass is 9.99. The highest BCUT2D eigenvalue weighted by Gasteiger charge is 2.25. The molecule has 5 nitrogen and oxygen atoms in total. The van der Waals surface area contributed by atoms with Gasteiger partial charge >= 0.3 is 5.97 Å². The molecule has 0 saturated heterocycles. The van der Waals surface area contributed by atoms with Crippen molar-refractivity contribution in [3.8, 4) is 0 Å². The van der Waals surface area contributed by atoms with Gasteiger partial charge in [0, 0.05) is 12.5 Å². The van der Waals surface area contributed by atoms with Crippen LogP contribution >= 0.6 is 0 Å². The van der Waals surface area contributed by atoms with Crippen molar-refractivity contribution in [2.45, 2.75) is 58.5 Å². The van der Waals surface area contributed by atoms with Gasteiger partial charge in [-0.2, -0.15) is 0 Å². The SMILES string of the molecule is CCCC(N)CC(=O)NC(C(=O)O)C(C)CC. The van der Waals surface area contributed by atoms with Gasteiger partial charge in [-0.15, -0.1) is 0 Å². The minimum Gasteiger partial charge on any atom is -0.480 e. The molecule has 0 aliphatic carbocycles. The number of carboxylic acid groups (broad SMARTS) is 1. The van der Waals surface area contributed by atoms with Crippen molar-refractivity contribution in [1.29, 1.82) is 0 Å². The molecule has 0 rings (SSSR count).